The van der Waals surface area contributed by atoms with Gasteiger partial charge < -0.3 is 9.84 Å². The van der Waals surface area contributed by atoms with Crippen molar-refractivity contribution in [3.63, 3.8) is 0 Å². The van der Waals surface area contributed by atoms with Crippen LogP contribution in [-0.4, -0.2) is 45.3 Å². The van der Waals surface area contributed by atoms with Crippen LogP contribution in [0.4, 0.5) is 0 Å². The Morgan fingerprint density at radius 3 is 1.72 bits per heavy atom. The van der Waals surface area contributed by atoms with E-state index in [4.69, 9.17) is 4.74 Å². The lowest BCUT2D eigenvalue weighted by Gasteiger charge is -2.43. The minimum absolute atomic E-state index is 0.0971. The molecule has 8 nitrogen and oxygen atoms in total. The maximum atomic E-state index is 13.4. The second kappa shape index (κ2) is 5.73. The Kier molecular flexibility index (Phi) is 3.46. The van der Waals surface area contributed by atoms with Gasteiger partial charge in [0.05, 0.1) is 11.1 Å². The van der Waals surface area contributed by atoms with Crippen molar-refractivity contribution in [3.05, 3.63) is 46.5 Å². The average molecular weight is 393 g/mol. The Labute approximate surface area is 164 Å². The van der Waals surface area contributed by atoms with Gasteiger partial charge in [0, 0.05) is 21.9 Å². The first-order chi connectivity index (χ1) is 13.9. The van der Waals surface area contributed by atoms with E-state index in [1.165, 1.54) is 24.3 Å². The normalized spacial score (nSPS) is 20.1. The van der Waals surface area contributed by atoms with Crippen LogP contribution in [-0.2, 0) is 9.53 Å². The zero-order valence-electron chi connectivity index (χ0n) is 15.2. The highest BCUT2D eigenvalue weighted by Crippen LogP contribution is 2.42. The summed E-state index contributed by atoms with van der Waals surface area (Å²) < 4.78 is 4.72. The molecule has 0 saturated heterocycles. The first kappa shape index (κ1) is 17.5. The summed E-state index contributed by atoms with van der Waals surface area (Å²) in [5, 5.41) is 10.4. The number of cyclic esters (lactones) is 2. The summed E-state index contributed by atoms with van der Waals surface area (Å²) in [6.07, 6.45) is 2.43. The number of carbonyl (C=O) groups is 5. The minimum atomic E-state index is -1.60. The lowest BCUT2D eigenvalue weighted by Crippen LogP contribution is -2.61. The van der Waals surface area contributed by atoms with Crippen LogP contribution in [0.5, 0.6) is 0 Å². The van der Waals surface area contributed by atoms with Crippen LogP contribution < -0.4 is 0 Å². The van der Waals surface area contributed by atoms with Crippen molar-refractivity contribution < 1.29 is 33.8 Å². The quantitative estimate of drug-likeness (QED) is 0.473. The van der Waals surface area contributed by atoms with E-state index in [0.29, 0.717) is 12.8 Å². The molecule has 2 heterocycles. The summed E-state index contributed by atoms with van der Waals surface area (Å²) in [4.78, 5) is 64.1. The van der Waals surface area contributed by atoms with Gasteiger partial charge in [-0.2, -0.15) is 0 Å². The fraction of sp³-hybridized carbons (Fsp3) is 0.286. The molecule has 146 valence electrons. The molecule has 5 rings (SSSR count). The fourth-order valence-corrected chi connectivity index (χ4v) is 4.78. The number of carboxylic acid groups (broad SMARTS) is 1. The van der Waals surface area contributed by atoms with Crippen LogP contribution in [0.1, 0.15) is 73.5 Å². The summed E-state index contributed by atoms with van der Waals surface area (Å²) in [7, 11) is 0. The van der Waals surface area contributed by atoms with Crippen molar-refractivity contribution in [1.29, 1.82) is 0 Å². The Hall–Kier alpha value is -3.55. The van der Waals surface area contributed by atoms with Crippen molar-refractivity contribution >= 4 is 40.5 Å². The van der Waals surface area contributed by atoms with Crippen molar-refractivity contribution in [2.75, 3.05) is 0 Å². The largest absolute Gasteiger partial charge is 0.479 e. The molecule has 0 spiro atoms. The number of rotatable bonds is 2. The molecule has 1 saturated carbocycles. The van der Waals surface area contributed by atoms with E-state index in [-0.39, 0.29) is 45.9 Å². The molecular weight excluding hydrogens is 378 g/mol. The van der Waals surface area contributed by atoms with E-state index >= 15 is 0 Å². The fourth-order valence-electron chi connectivity index (χ4n) is 4.78. The molecule has 0 bridgehead atoms. The third-order valence-electron chi connectivity index (χ3n) is 6.16. The van der Waals surface area contributed by atoms with E-state index in [2.05, 4.69) is 0 Å². The van der Waals surface area contributed by atoms with Crippen LogP contribution in [0.25, 0.3) is 10.8 Å². The van der Waals surface area contributed by atoms with Crippen LogP contribution in [0, 0.1) is 0 Å². The molecule has 3 aliphatic rings. The first-order valence-electron chi connectivity index (χ1n) is 9.35. The molecule has 2 amide bonds. The van der Waals surface area contributed by atoms with Crippen LogP contribution in [0.3, 0.4) is 0 Å². The Bertz CT molecular complexity index is 1100. The van der Waals surface area contributed by atoms with E-state index in [0.717, 1.165) is 11.3 Å². The molecular formula is C21H15NO7. The molecule has 1 N–H and O–H groups in total. The predicted octanol–water partition coefficient (Wildman–Crippen LogP) is 2.53. The molecule has 0 radical (unpaired) electrons. The van der Waals surface area contributed by atoms with Gasteiger partial charge in [0.15, 0.2) is 0 Å². The van der Waals surface area contributed by atoms with Gasteiger partial charge in [-0.05, 0) is 37.1 Å². The van der Waals surface area contributed by atoms with Crippen molar-refractivity contribution in [3.8, 4) is 0 Å². The summed E-state index contributed by atoms with van der Waals surface area (Å²) >= 11 is 0. The molecule has 29 heavy (non-hydrogen) atoms. The molecule has 2 aromatic carbocycles. The third kappa shape index (κ3) is 2.11. The summed E-state index contributed by atoms with van der Waals surface area (Å²) in [6, 6.07) is 5.53. The number of carboxylic acids is 1. The smallest absolute Gasteiger partial charge is 0.346 e. The molecule has 0 unspecified atom stereocenters. The summed E-state index contributed by atoms with van der Waals surface area (Å²) in [5.41, 5.74) is -1.19. The number of hydrogen-bond acceptors (Lipinski definition) is 6. The van der Waals surface area contributed by atoms with Gasteiger partial charge in [-0.1, -0.05) is 19.3 Å². The highest BCUT2D eigenvalue weighted by atomic mass is 16.6. The maximum Gasteiger partial charge on any atom is 0.346 e. The van der Waals surface area contributed by atoms with Crippen LogP contribution in [0.15, 0.2) is 24.3 Å². The van der Waals surface area contributed by atoms with Gasteiger partial charge in [0.2, 0.25) is 0 Å². The van der Waals surface area contributed by atoms with E-state index < -0.39 is 35.3 Å². The Morgan fingerprint density at radius 1 is 0.793 bits per heavy atom. The Balaban J connectivity index is 1.79. The zero-order valence-corrected chi connectivity index (χ0v) is 15.2. The number of hydrogen-bond donors (Lipinski definition) is 1. The van der Waals surface area contributed by atoms with E-state index in [1.807, 2.05) is 0 Å². The third-order valence-corrected chi connectivity index (χ3v) is 6.16. The van der Waals surface area contributed by atoms with Crippen molar-refractivity contribution in [1.82, 2.24) is 4.90 Å². The molecule has 1 fully saturated rings. The standard InChI is InChI=1S/C21H15NO7/c23-16-10-4-6-12-15-13(19(26)29-18(12)25)7-5-11(14(10)15)17(24)22(16)21(20(27)28)8-2-1-3-9-21/h4-7H,1-3,8-9H2,(H,27,28). The molecule has 1 aliphatic carbocycles. The van der Waals surface area contributed by atoms with E-state index in [1.54, 1.807) is 0 Å². The lowest BCUT2D eigenvalue weighted by atomic mass is 9.77. The maximum absolute atomic E-state index is 13.4. The average Bonchev–Trinajstić information content (AvgIpc) is 2.71. The highest BCUT2D eigenvalue weighted by molar-refractivity contribution is 6.32. The van der Waals surface area contributed by atoms with Crippen molar-refractivity contribution in [2.45, 2.75) is 37.6 Å². The molecule has 0 aromatic heterocycles. The molecule has 0 atom stereocenters. The molecule has 2 aliphatic heterocycles. The van der Waals surface area contributed by atoms with Gasteiger partial charge in [-0.25, -0.2) is 14.4 Å². The van der Waals surface area contributed by atoms with E-state index in [9.17, 15) is 29.1 Å². The second-order valence-corrected chi connectivity index (χ2v) is 7.59. The number of aliphatic carboxylic acids is 1. The van der Waals surface area contributed by atoms with Crippen LogP contribution >= 0.6 is 0 Å². The number of ether oxygens (including phenoxy) is 1. The van der Waals surface area contributed by atoms with Gasteiger partial charge in [-0.15, -0.1) is 0 Å². The van der Waals surface area contributed by atoms with Gasteiger partial charge >= 0.3 is 17.9 Å². The van der Waals surface area contributed by atoms with Crippen molar-refractivity contribution in [2.24, 2.45) is 0 Å². The number of carbonyl (C=O) groups excluding carboxylic acids is 4. The first-order valence-corrected chi connectivity index (χ1v) is 9.35. The Morgan fingerprint density at radius 2 is 1.24 bits per heavy atom. The minimum Gasteiger partial charge on any atom is -0.479 e. The van der Waals surface area contributed by atoms with Gasteiger partial charge in [0.25, 0.3) is 11.8 Å². The summed E-state index contributed by atoms with van der Waals surface area (Å²) in [6.45, 7) is 0. The second-order valence-electron chi connectivity index (χ2n) is 7.59. The summed E-state index contributed by atoms with van der Waals surface area (Å²) in [5.74, 6) is -4.33. The van der Waals surface area contributed by atoms with Gasteiger partial charge in [-0.3, -0.25) is 14.5 Å². The SMILES string of the molecule is O=C1OC(=O)c2ccc3c4c(ccc1c24)C(=O)N(C1(C(=O)O)CCCCC1)C3=O. The molecule has 2 aromatic rings. The number of imide groups is 1. The monoisotopic (exact) mass is 393 g/mol. The zero-order chi connectivity index (χ0) is 20.5. The van der Waals surface area contributed by atoms with Crippen LogP contribution in [0.2, 0.25) is 0 Å². The lowest BCUT2D eigenvalue weighted by molar-refractivity contribution is -0.150. The van der Waals surface area contributed by atoms with Gasteiger partial charge in [0.1, 0.15) is 5.54 Å². The predicted molar refractivity (Wildman–Crippen MR) is 97.6 cm³/mol. The molecule has 8 heteroatoms. The number of esters is 2. The number of nitrogens with zero attached hydrogens (tertiary/aromatic N) is 1. The number of amides is 2. The number of benzene rings is 2. The topological polar surface area (TPSA) is 118 Å². The highest BCUT2D eigenvalue weighted by Gasteiger charge is 2.53.